The number of aromatic nitrogens is 2. The minimum Gasteiger partial charge on any atom is -0.294 e. The van der Waals surface area contributed by atoms with Crippen LogP contribution in [0.5, 0.6) is 0 Å². The summed E-state index contributed by atoms with van der Waals surface area (Å²) in [5.74, 6) is 0.697. The average Bonchev–Trinajstić information content (AvgIpc) is 3.22. The molecule has 0 spiro atoms. The van der Waals surface area contributed by atoms with E-state index in [1.54, 1.807) is 0 Å². The van der Waals surface area contributed by atoms with Crippen molar-refractivity contribution in [2.75, 3.05) is 0 Å². The molecule has 3 nitrogen and oxygen atoms in total. The zero-order valence-corrected chi connectivity index (χ0v) is 13.4. The van der Waals surface area contributed by atoms with Crippen molar-refractivity contribution in [3.05, 3.63) is 40.4 Å². The summed E-state index contributed by atoms with van der Waals surface area (Å²) in [6.45, 7) is 4.84. The molecule has 1 heterocycles. The van der Waals surface area contributed by atoms with Crippen molar-refractivity contribution in [3.8, 4) is 0 Å². The Hall–Kier alpha value is -1.35. The summed E-state index contributed by atoms with van der Waals surface area (Å²) in [4.78, 5) is 17.5. The molecule has 1 aliphatic rings. The molecule has 1 unspecified atom stereocenters. The number of halogens is 1. The van der Waals surface area contributed by atoms with Crippen LogP contribution in [0.25, 0.3) is 10.9 Å². The Labute approximate surface area is 130 Å². The number of nitrogens with zero attached hydrogens (tertiary/aromatic N) is 2. The molecular formula is C17H21ClN2O. The van der Waals surface area contributed by atoms with E-state index in [1.807, 2.05) is 35.8 Å². The van der Waals surface area contributed by atoms with Gasteiger partial charge in [0.1, 0.15) is 5.82 Å². The number of benzene rings is 1. The van der Waals surface area contributed by atoms with Crippen molar-refractivity contribution in [3.63, 3.8) is 0 Å². The van der Waals surface area contributed by atoms with E-state index in [4.69, 9.17) is 11.6 Å². The van der Waals surface area contributed by atoms with Crippen LogP contribution < -0.4 is 5.56 Å². The first-order valence-corrected chi connectivity index (χ1v) is 8.13. The zero-order chi connectivity index (χ0) is 15.0. The third kappa shape index (κ3) is 2.71. The van der Waals surface area contributed by atoms with Crippen LogP contribution in [0, 0.1) is 5.41 Å². The van der Waals surface area contributed by atoms with Crippen molar-refractivity contribution in [1.82, 2.24) is 9.55 Å². The van der Waals surface area contributed by atoms with Gasteiger partial charge in [-0.2, -0.15) is 0 Å². The first-order valence-electron chi connectivity index (χ1n) is 7.70. The van der Waals surface area contributed by atoms with E-state index in [1.165, 1.54) is 19.3 Å². The van der Waals surface area contributed by atoms with E-state index in [-0.39, 0.29) is 10.9 Å². The Kier molecular flexibility index (Phi) is 3.78. The van der Waals surface area contributed by atoms with Gasteiger partial charge in [0.05, 0.1) is 16.3 Å². The summed E-state index contributed by atoms with van der Waals surface area (Å²) >= 11 is 6.28. The normalized spacial score (nSPS) is 17.9. The highest BCUT2D eigenvalue weighted by Crippen LogP contribution is 2.51. The number of rotatable bonds is 5. The van der Waals surface area contributed by atoms with Crippen LogP contribution in [0.2, 0.25) is 0 Å². The molecule has 1 aromatic carbocycles. The number of hydrogen-bond donors (Lipinski definition) is 0. The van der Waals surface area contributed by atoms with Crippen LogP contribution in [0.1, 0.15) is 50.7 Å². The zero-order valence-electron chi connectivity index (χ0n) is 12.6. The topological polar surface area (TPSA) is 34.9 Å². The van der Waals surface area contributed by atoms with E-state index >= 15 is 0 Å². The maximum Gasteiger partial charge on any atom is 0.261 e. The van der Waals surface area contributed by atoms with Crippen molar-refractivity contribution >= 4 is 22.5 Å². The molecule has 4 heteroatoms. The van der Waals surface area contributed by atoms with Gasteiger partial charge in [-0.1, -0.05) is 25.5 Å². The third-order valence-electron chi connectivity index (χ3n) is 4.48. The van der Waals surface area contributed by atoms with Gasteiger partial charge in [-0.25, -0.2) is 4.98 Å². The molecule has 3 rings (SSSR count). The lowest BCUT2D eigenvalue weighted by Gasteiger charge is -2.20. The van der Waals surface area contributed by atoms with Crippen LogP contribution >= 0.6 is 11.6 Å². The van der Waals surface area contributed by atoms with Crippen LogP contribution in [-0.4, -0.2) is 9.55 Å². The van der Waals surface area contributed by atoms with Gasteiger partial charge in [0, 0.05) is 6.54 Å². The van der Waals surface area contributed by atoms with Crippen molar-refractivity contribution in [1.29, 1.82) is 0 Å². The standard InChI is InChI=1S/C17H21ClN2O/c1-3-8-17(9-10-17)11-20-15(12(2)18)19-14-7-5-4-6-13(14)16(20)21/h4-7,12H,3,8-11H2,1-2H3. The fraction of sp³-hybridized carbons (Fsp3) is 0.529. The molecule has 1 saturated carbocycles. The SMILES string of the molecule is CCCC1(Cn2c(C(C)Cl)nc3ccccc3c2=O)CC1. The van der Waals surface area contributed by atoms with E-state index in [0.717, 1.165) is 18.5 Å². The fourth-order valence-corrected chi connectivity index (χ4v) is 3.34. The van der Waals surface area contributed by atoms with Gasteiger partial charge in [-0.05, 0) is 43.7 Å². The summed E-state index contributed by atoms with van der Waals surface area (Å²) in [6, 6.07) is 7.52. The lowest BCUT2D eigenvalue weighted by Crippen LogP contribution is -2.29. The fourth-order valence-electron chi connectivity index (χ4n) is 3.17. The largest absolute Gasteiger partial charge is 0.294 e. The highest BCUT2D eigenvalue weighted by Gasteiger charge is 2.42. The molecule has 0 radical (unpaired) electrons. The van der Waals surface area contributed by atoms with Crippen LogP contribution in [-0.2, 0) is 6.54 Å². The smallest absolute Gasteiger partial charge is 0.261 e. The third-order valence-corrected chi connectivity index (χ3v) is 4.67. The molecule has 0 saturated heterocycles. The number of alkyl halides is 1. The molecule has 0 N–H and O–H groups in total. The van der Waals surface area contributed by atoms with Crippen LogP contribution in [0.4, 0.5) is 0 Å². The lowest BCUT2D eigenvalue weighted by atomic mass is 10.0. The molecule has 21 heavy (non-hydrogen) atoms. The summed E-state index contributed by atoms with van der Waals surface area (Å²) in [5.41, 5.74) is 1.08. The second-order valence-electron chi connectivity index (χ2n) is 6.24. The average molecular weight is 305 g/mol. The van der Waals surface area contributed by atoms with Crippen LogP contribution in [0.15, 0.2) is 29.1 Å². The Morgan fingerprint density at radius 1 is 1.38 bits per heavy atom. The second-order valence-corrected chi connectivity index (χ2v) is 6.90. The van der Waals surface area contributed by atoms with Gasteiger partial charge in [-0.15, -0.1) is 11.6 Å². The highest BCUT2D eigenvalue weighted by atomic mass is 35.5. The second kappa shape index (κ2) is 5.45. The van der Waals surface area contributed by atoms with Gasteiger partial charge in [0.2, 0.25) is 0 Å². The summed E-state index contributed by atoms with van der Waals surface area (Å²) < 4.78 is 1.82. The Morgan fingerprint density at radius 3 is 2.71 bits per heavy atom. The molecule has 1 aromatic heterocycles. The number of hydrogen-bond acceptors (Lipinski definition) is 2. The summed E-state index contributed by atoms with van der Waals surface area (Å²) in [6.07, 6.45) is 4.73. The molecule has 0 bridgehead atoms. The Morgan fingerprint density at radius 2 is 2.10 bits per heavy atom. The summed E-state index contributed by atoms with van der Waals surface area (Å²) in [5, 5.41) is 0.422. The van der Waals surface area contributed by atoms with Crippen LogP contribution in [0.3, 0.4) is 0 Å². The maximum atomic E-state index is 12.8. The first kappa shape index (κ1) is 14.6. The molecule has 1 fully saturated rings. The molecule has 112 valence electrons. The van der Waals surface area contributed by atoms with Crippen molar-refractivity contribution in [2.24, 2.45) is 5.41 Å². The Bertz CT molecular complexity index is 716. The highest BCUT2D eigenvalue weighted by molar-refractivity contribution is 6.20. The molecule has 0 amide bonds. The first-order chi connectivity index (χ1) is 10.1. The minimum atomic E-state index is -0.264. The Balaban J connectivity index is 2.13. The van der Waals surface area contributed by atoms with Crippen molar-refractivity contribution in [2.45, 2.75) is 51.5 Å². The number of fused-ring (bicyclic) bond motifs is 1. The van der Waals surface area contributed by atoms with Crippen molar-refractivity contribution < 1.29 is 0 Å². The minimum absolute atomic E-state index is 0.0467. The monoisotopic (exact) mass is 304 g/mol. The lowest BCUT2D eigenvalue weighted by molar-refractivity contribution is 0.373. The molecular weight excluding hydrogens is 284 g/mol. The van der Waals surface area contributed by atoms with E-state index in [0.29, 0.717) is 16.6 Å². The van der Waals surface area contributed by atoms with Gasteiger partial charge in [-0.3, -0.25) is 9.36 Å². The van der Waals surface area contributed by atoms with E-state index in [9.17, 15) is 4.79 Å². The molecule has 0 aliphatic heterocycles. The van der Waals surface area contributed by atoms with Gasteiger partial charge in [0.15, 0.2) is 0 Å². The molecule has 1 aliphatic carbocycles. The quantitative estimate of drug-likeness (QED) is 0.773. The van der Waals surface area contributed by atoms with Gasteiger partial charge < -0.3 is 0 Å². The van der Waals surface area contributed by atoms with E-state index in [2.05, 4.69) is 11.9 Å². The predicted octanol–water partition coefficient (Wildman–Crippen LogP) is 4.28. The van der Waals surface area contributed by atoms with Gasteiger partial charge in [0.25, 0.3) is 5.56 Å². The summed E-state index contributed by atoms with van der Waals surface area (Å²) in [7, 11) is 0. The predicted molar refractivity (Wildman–Crippen MR) is 86.8 cm³/mol. The number of para-hydroxylation sites is 1. The van der Waals surface area contributed by atoms with Gasteiger partial charge >= 0.3 is 0 Å². The van der Waals surface area contributed by atoms with E-state index < -0.39 is 0 Å². The maximum absolute atomic E-state index is 12.8. The molecule has 2 aromatic rings. The molecule has 1 atom stereocenters.